The van der Waals surface area contributed by atoms with Crippen LogP contribution in [0.4, 0.5) is 0 Å². The predicted octanol–water partition coefficient (Wildman–Crippen LogP) is 3.20. The Hall–Kier alpha value is -2.42. The first kappa shape index (κ1) is 13.6. The van der Waals surface area contributed by atoms with E-state index < -0.39 is 0 Å². The first-order chi connectivity index (χ1) is 10.3. The maximum Gasteiger partial charge on any atom is 0.158 e. The van der Waals surface area contributed by atoms with Crippen LogP contribution in [0.5, 0.6) is 0 Å². The molecule has 0 bridgehead atoms. The SMILES string of the molecule is O=C1C=C(NCc2ccccn2)CC(c2ccccc2)C1. The fourth-order valence-electron chi connectivity index (χ4n) is 2.68. The third-order valence-corrected chi connectivity index (χ3v) is 3.74. The van der Waals surface area contributed by atoms with E-state index in [4.69, 9.17) is 0 Å². The van der Waals surface area contributed by atoms with Crippen molar-refractivity contribution in [2.45, 2.75) is 25.3 Å². The standard InChI is InChI=1S/C18H18N2O/c21-18-11-15(14-6-2-1-3-7-14)10-17(12-18)20-13-16-8-4-5-9-19-16/h1-9,12,15,20H,10-11,13H2. The van der Waals surface area contributed by atoms with E-state index in [0.717, 1.165) is 17.8 Å². The van der Waals surface area contributed by atoms with Gasteiger partial charge in [-0.25, -0.2) is 0 Å². The van der Waals surface area contributed by atoms with Crippen molar-refractivity contribution in [1.29, 1.82) is 0 Å². The Bertz CT molecular complexity index is 635. The zero-order valence-corrected chi connectivity index (χ0v) is 11.8. The van der Waals surface area contributed by atoms with Gasteiger partial charge in [-0.2, -0.15) is 0 Å². The van der Waals surface area contributed by atoms with Crippen LogP contribution in [-0.4, -0.2) is 10.8 Å². The summed E-state index contributed by atoms with van der Waals surface area (Å²) in [5, 5.41) is 3.35. The average Bonchev–Trinajstić information content (AvgIpc) is 2.54. The average molecular weight is 278 g/mol. The number of ketones is 1. The van der Waals surface area contributed by atoms with Crippen LogP contribution in [0.15, 0.2) is 66.5 Å². The molecule has 21 heavy (non-hydrogen) atoms. The number of hydrogen-bond donors (Lipinski definition) is 1. The topological polar surface area (TPSA) is 42.0 Å². The second-order valence-electron chi connectivity index (χ2n) is 5.33. The smallest absolute Gasteiger partial charge is 0.158 e. The van der Waals surface area contributed by atoms with E-state index in [2.05, 4.69) is 22.4 Å². The molecule has 1 N–H and O–H groups in total. The number of hydrogen-bond acceptors (Lipinski definition) is 3. The van der Waals surface area contributed by atoms with E-state index in [0.29, 0.717) is 13.0 Å². The molecule has 1 atom stereocenters. The molecule has 0 saturated heterocycles. The molecule has 0 aliphatic heterocycles. The molecule has 0 saturated carbocycles. The Morgan fingerprint density at radius 2 is 1.86 bits per heavy atom. The number of carbonyl (C=O) groups excluding carboxylic acids is 1. The lowest BCUT2D eigenvalue weighted by molar-refractivity contribution is -0.115. The largest absolute Gasteiger partial charge is 0.383 e. The number of rotatable bonds is 4. The third-order valence-electron chi connectivity index (χ3n) is 3.74. The van der Waals surface area contributed by atoms with Gasteiger partial charge >= 0.3 is 0 Å². The van der Waals surface area contributed by atoms with Gasteiger partial charge in [-0.1, -0.05) is 36.4 Å². The molecule has 3 rings (SSSR count). The molecule has 1 aromatic carbocycles. The maximum absolute atomic E-state index is 11.9. The molecule has 1 aromatic heterocycles. The van der Waals surface area contributed by atoms with Crippen LogP contribution in [0.3, 0.4) is 0 Å². The van der Waals surface area contributed by atoms with Crippen molar-refractivity contribution in [3.63, 3.8) is 0 Å². The minimum Gasteiger partial charge on any atom is -0.383 e. The second kappa shape index (κ2) is 6.35. The summed E-state index contributed by atoms with van der Waals surface area (Å²) in [7, 11) is 0. The number of carbonyl (C=O) groups is 1. The van der Waals surface area contributed by atoms with Crippen LogP contribution >= 0.6 is 0 Å². The van der Waals surface area contributed by atoms with E-state index >= 15 is 0 Å². The Morgan fingerprint density at radius 1 is 1.05 bits per heavy atom. The highest BCUT2D eigenvalue weighted by Gasteiger charge is 2.21. The summed E-state index contributed by atoms with van der Waals surface area (Å²) in [6.07, 6.45) is 4.99. The molecule has 1 aliphatic carbocycles. The van der Waals surface area contributed by atoms with E-state index in [1.807, 2.05) is 36.4 Å². The van der Waals surface area contributed by atoms with Gasteiger partial charge in [0.2, 0.25) is 0 Å². The molecule has 3 nitrogen and oxygen atoms in total. The monoisotopic (exact) mass is 278 g/mol. The van der Waals surface area contributed by atoms with Crippen LogP contribution < -0.4 is 5.32 Å². The number of aromatic nitrogens is 1. The lowest BCUT2D eigenvalue weighted by Crippen LogP contribution is -2.22. The van der Waals surface area contributed by atoms with Crippen molar-refractivity contribution in [3.8, 4) is 0 Å². The lowest BCUT2D eigenvalue weighted by Gasteiger charge is -2.23. The zero-order valence-electron chi connectivity index (χ0n) is 11.8. The zero-order chi connectivity index (χ0) is 14.5. The Morgan fingerprint density at radius 3 is 2.62 bits per heavy atom. The van der Waals surface area contributed by atoms with Crippen LogP contribution in [0, 0.1) is 0 Å². The van der Waals surface area contributed by atoms with Crippen molar-refractivity contribution in [2.24, 2.45) is 0 Å². The summed E-state index contributed by atoms with van der Waals surface area (Å²) < 4.78 is 0. The normalized spacial score (nSPS) is 18.2. The molecule has 1 aliphatic rings. The van der Waals surface area contributed by atoms with Gasteiger partial charge in [0.25, 0.3) is 0 Å². The molecule has 2 aromatic rings. The lowest BCUT2D eigenvalue weighted by atomic mass is 9.85. The molecular weight excluding hydrogens is 260 g/mol. The molecule has 1 heterocycles. The van der Waals surface area contributed by atoms with Crippen molar-refractivity contribution >= 4 is 5.78 Å². The number of pyridine rings is 1. The molecule has 0 fully saturated rings. The predicted molar refractivity (Wildman–Crippen MR) is 82.6 cm³/mol. The summed E-state index contributed by atoms with van der Waals surface area (Å²) >= 11 is 0. The van der Waals surface area contributed by atoms with Crippen molar-refractivity contribution in [2.75, 3.05) is 0 Å². The number of benzene rings is 1. The Balaban J connectivity index is 1.67. The summed E-state index contributed by atoms with van der Waals surface area (Å²) in [4.78, 5) is 16.2. The van der Waals surface area contributed by atoms with Crippen LogP contribution in [0.1, 0.15) is 30.0 Å². The minimum absolute atomic E-state index is 0.193. The van der Waals surface area contributed by atoms with E-state index in [9.17, 15) is 4.79 Å². The second-order valence-corrected chi connectivity index (χ2v) is 5.33. The summed E-state index contributed by atoms with van der Waals surface area (Å²) in [6, 6.07) is 16.1. The fourth-order valence-corrected chi connectivity index (χ4v) is 2.68. The first-order valence-corrected chi connectivity index (χ1v) is 7.23. The Labute approximate surface area is 124 Å². The molecular formula is C18H18N2O. The number of allylic oxidation sites excluding steroid dienone is 2. The van der Waals surface area contributed by atoms with Crippen LogP contribution in [0.2, 0.25) is 0 Å². The van der Waals surface area contributed by atoms with Gasteiger partial charge in [0, 0.05) is 24.4 Å². The van der Waals surface area contributed by atoms with Gasteiger partial charge in [-0.05, 0) is 30.0 Å². The minimum atomic E-state index is 0.193. The van der Waals surface area contributed by atoms with E-state index in [1.54, 1.807) is 12.3 Å². The number of nitrogens with zero attached hydrogens (tertiary/aromatic N) is 1. The van der Waals surface area contributed by atoms with Gasteiger partial charge in [0.15, 0.2) is 5.78 Å². The summed E-state index contributed by atoms with van der Waals surface area (Å²) in [6.45, 7) is 0.654. The van der Waals surface area contributed by atoms with E-state index in [-0.39, 0.29) is 11.7 Å². The number of nitrogens with one attached hydrogen (secondary N) is 1. The van der Waals surface area contributed by atoms with Crippen molar-refractivity contribution in [1.82, 2.24) is 10.3 Å². The Kier molecular flexibility index (Phi) is 4.10. The van der Waals surface area contributed by atoms with Crippen LogP contribution in [0.25, 0.3) is 0 Å². The molecule has 1 unspecified atom stereocenters. The summed E-state index contributed by atoms with van der Waals surface area (Å²) in [5.74, 6) is 0.466. The molecule has 106 valence electrons. The fraction of sp³-hybridized carbons (Fsp3) is 0.222. The van der Waals surface area contributed by atoms with Crippen molar-refractivity contribution in [3.05, 3.63) is 77.8 Å². The highest BCUT2D eigenvalue weighted by Crippen LogP contribution is 2.30. The molecule has 3 heteroatoms. The highest BCUT2D eigenvalue weighted by atomic mass is 16.1. The maximum atomic E-state index is 11.9. The highest BCUT2D eigenvalue weighted by molar-refractivity contribution is 5.91. The van der Waals surface area contributed by atoms with Gasteiger partial charge in [-0.3, -0.25) is 9.78 Å². The van der Waals surface area contributed by atoms with Gasteiger partial charge < -0.3 is 5.32 Å². The van der Waals surface area contributed by atoms with Crippen LogP contribution in [-0.2, 0) is 11.3 Å². The summed E-state index contributed by atoms with van der Waals surface area (Å²) in [5.41, 5.74) is 3.22. The molecule has 0 radical (unpaired) electrons. The van der Waals surface area contributed by atoms with Gasteiger partial charge in [-0.15, -0.1) is 0 Å². The van der Waals surface area contributed by atoms with Crippen molar-refractivity contribution < 1.29 is 4.79 Å². The van der Waals surface area contributed by atoms with Gasteiger partial charge in [0.05, 0.1) is 12.2 Å². The third kappa shape index (κ3) is 3.57. The molecule has 0 spiro atoms. The molecule has 0 amide bonds. The van der Waals surface area contributed by atoms with E-state index in [1.165, 1.54) is 5.56 Å². The first-order valence-electron chi connectivity index (χ1n) is 7.23. The quantitative estimate of drug-likeness (QED) is 0.933. The van der Waals surface area contributed by atoms with Gasteiger partial charge in [0.1, 0.15) is 0 Å².